The van der Waals surface area contributed by atoms with E-state index in [4.69, 9.17) is 20.2 Å². The number of fused-ring (bicyclic) bond motifs is 1. The summed E-state index contributed by atoms with van der Waals surface area (Å²) in [6.45, 7) is 3.67. The lowest BCUT2D eigenvalue weighted by Crippen LogP contribution is -2.11. The first kappa shape index (κ1) is 17.5. The van der Waals surface area contributed by atoms with Crippen molar-refractivity contribution in [2.45, 2.75) is 25.2 Å². The minimum absolute atomic E-state index is 0.0729. The standard InChI is InChI=1S/C18H15ClO5S/c1-3-12-9-13-11(2)8-18(20)23-16(13)10-15(12)24-25(21,22)17-7-5-4-6-14(17)19/h4-10H,3H2,1-2H3. The maximum absolute atomic E-state index is 12.6. The summed E-state index contributed by atoms with van der Waals surface area (Å²) >= 11 is 5.97. The monoisotopic (exact) mass is 378 g/mol. The second-order valence-corrected chi connectivity index (χ2v) is 7.45. The van der Waals surface area contributed by atoms with Crippen molar-refractivity contribution < 1.29 is 17.0 Å². The Morgan fingerprint density at radius 2 is 1.88 bits per heavy atom. The Hall–Kier alpha value is -2.31. The zero-order valence-electron chi connectivity index (χ0n) is 13.6. The fourth-order valence-corrected chi connectivity index (χ4v) is 4.01. The van der Waals surface area contributed by atoms with Gasteiger partial charge in [-0.1, -0.05) is 30.7 Å². The van der Waals surface area contributed by atoms with Crippen LogP contribution in [-0.2, 0) is 16.5 Å². The van der Waals surface area contributed by atoms with E-state index in [0.29, 0.717) is 12.0 Å². The molecular formula is C18H15ClO5S. The number of aryl methyl sites for hydroxylation is 2. The SMILES string of the molecule is CCc1cc2c(C)cc(=O)oc2cc1OS(=O)(=O)c1ccccc1Cl. The van der Waals surface area contributed by atoms with Gasteiger partial charge in [0.15, 0.2) is 0 Å². The number of benzene rings is 2. The Balaban J connectivity index is 2.15. The first-order chi connectivity index (χ1) is 11.8. The molecule has 0 amide bonds. The number of halogens is 1. The lowest BCUT2D eigenvalue weighted by Gasteiger charge is -2.13. The normalized spacial score (nSPS) is 11.6. The molecule has 0 saturated heterocycles. The van der Waals surface area contributed by atoms with E-state index in [9.17, 15) is 13.2 Å². The molecule has 0 spiro atoms. The molecule has 130 valence electrons. The summed E-state index contributed by atoms with van der Waals surface area (Å²) in [6.07, 6.45) is 0.544. The van der Waals surface area contributed by atoms with Gasteiger partial charge in [0.25, 0.3) is 0 Å². The lowest BCUT2D eigenvalue weighted by atomic mass is 10.1. The first-order valence-electron chi connectivity index (χ1n) is 7.58. The lowest BCUT2D eigenvalue weighted by molar-refractivity contribution is 0.482. The van der Waals surface area contributed by atoms with Gasteiger partial charge < -0.3 is 8.60 Å². The molecule has 0 atom stereocenters. The summed E-state index contributed by atoms with van der Waals surface area (Å²) in [5.41, 5.74) is 1.20. The molecule has 0 saturated carbocycles. The van der Waals surface area contributed by atoms with Gasteiger partial charge in [-0.05, 0) is 42.7 Å². The molecule has 25 heavy (non-hydrogen) atoms. The summed E-state index contributed by atoms with van der Waals surface area (Å²) in [5, 5.41) is 0.808. The van der Waals surface area contributed by atoms with Gasteiger partial charge in [-0.3, -0.25) is 0 Å². The Morgan fingerprint density at radius 1 is 1.16 bits per heavy atom. The van der Waals surface area contributed by atoms with E-state index in [2.05, 4.69) is 0 Å². The number of rotatable bonds is 4. The van der Waals surface area contributed by atoms with Gasteiger partial charge in [-0.25, -0.2) is 4.79 Å². The van der Waals surface area contributed by atoms with Crippen molar-refractivity contribution in [3.63, 3.8) is 0 Å². The van der Waals surface area contributed by atoms with Crippen molar-refractivity contribution in [2.75, 3.05) is 0 Å². The van der Waals surface area contributed by atoms with Crippen LogP contribution in [0.2, 0.25) is 5.02 Å². The van der Waals surface area contributed by atoms with Gasteiger partial charge in [0, 0.05) is 17.5 Å². The molecular weight excluding hydrogens is 364 g/mol. The van der Waals surface area contributed by atoms with Crippen molar-refractivity contribution >= 4 is 32.7 Å². The van der Waals surface area contributed by atoms with Crippen molar-refractivity contribution in [3.05, 3.63) is 69.0 Å². The van der Waals surface area contributed by atoms with E-state index in [1.54, 1.807) is 25.1 Å². The maximum Gasteiger partial charge on any atom is 0.340 e. The van der Waals surface area contributed by atoms with E-state index in [-0.39, 0.29) is 21.3 Å². The molecule has 5 nitrogen and oxygen atoms in total. The van der Waals surface area contributed by atoms with Gasteiger partial charge >= 0.3 is 15.7 Å². The summed E-state index contributed by atoms with van der Waals surface area (Å²) in [5.74, 6) is 0.115. The van der Waals surface area contributed by atoms with Crippen LogP contribution in [0.4, 0.5) is 0 Å². The predicted molar refractivity (Wildman–Crippen MR) is 95.9 cm³/mol. The Kier molecular flexibility index (Phi) is 4.58. The Bertz CT molecular complexity index is 1120. The molecule has 0 aliphatic rings. The molecule has 2 aromatic carbocycles. The average molecular weight is 379 g/mol. The molecule has 1 heterocycles. The van der Waals surface area contributed by atoms with E-state index < -0.39 is 15.7 Å². The van der Waals surface area contributed by atoms with Crippen molar-refractivity contribution in [2.24, 2.45) is 0 Å². The highest BCUT2D eigenvalue weighted by molar-refractivity contribution is 7.87. The molecule has 0 radical (unpaired) electrons. The highest BCUT2D eigenvalue weighted by Gasteiger charge is 2.22. The topological polar surface area (TPSA) is 73.6 Å². The minimum atomic E-state index is -4.12. The predicted octanol–water partition coefficient (Wildman–Crippen LogP) is 4.08. The summed E-state index contributed by atoms with van der Waals surface area (Å²) in [7, 11) is -4.12. The van der Waals surface area contributed by atoms with Crippen molar-refractivity contribution in [1.82, 2.24) is 0 Å². The highest BCUT2D eigenvalue weighted by atomic mass is 35.5. The van der Waals surface area contributed by atoms with E-state index in [0.717, 1.165) is 10.9 Å². The zero-order valence-corrected chi connectivity index (χ0v) is 15.1. The van der Waals surface area contributed by atoms with Crippen LogP contribution in [0.15, 0.2) is 56.6 Å². The zero-order chi connectivity index (χ0) is 18.2. The maximum atomic E-state index is 12.6. The third-order valence-electron chi connectivity index (χ3n) is 3.82. The molecule has 7 heteroatoms. The van der Waals surface area contributed by atoms with Crippen molar-refractivity contribution in [3.8, 4) is 5.75 Å². The molecule has 0 aliphatic heterocycles. The van der Waals surface area contributed by atoms with Crippen LogP contribution in [0.5, 0.6) is 5.75 Å². The summed E-state index contributed by atoms with van der Waals surface area (Å²) < 4.78 is 35.6. The van der Waals surface area contributed by atoms with E-state index >= 15 is 0 Å². The summed E-state index contributed by atoms with van der Waals surface area (Å²) in [6, 6.07) is 10.6. The molecule has 0 unspecified atom stereocenters. The van der Waals surface area contributed by atoms with Gasteiger partial charge in [0.2, 0.25) is 0 Å². The van der Waals surface area contributed by atoms with Crippen LogP contribution in [0.25, 0.3) is 11.0 Å². The van der Waals surface area contributed by atoms with Crippen LogP contribution in [0.1, 0.15) is 18.1 Å². The van der Waals surface area contributed by atoms with Gasteiger partial charge in [0.1, 0.15) is 16.2 Å². The fourth-order valence-electron chi connectivity index (χ4n) is 2.56. The number of hydrogen-bond donors (Lipinski definition) is 0. The largest absolute Gasteiger partial charge is 0.423 e. The molecule has 0 N–H and O–H groups in total. The third-order valence-corrected chi connectivity index (χ3v) is 5.55. The van der Waals surface area contributed by atoms with Crippen LogP contribution in [0, 0.1) is 6.92 Å². The van der Waals surface area contributed by atoms with E-state index in [1.165, 1.54) is 24.3 Å². The summed E-state index contributed by atoms with van der Waals surface area (Å²) in [4.78, 5) is 11.5. The first-order valence-corrected chi connectivity index (χ1v) is 9.37. The van der Waals surface area contributed by atoms with Crippen LogP contribution >= 0.6 is 11.6 Å². The highest BCUT2D eigenvalue weighted by Crippen LogP contribution is 2.31. The second-order valence-electron chi connectivity index (χ2n) is 5.53. The quantitative estimate of drug-likeness (QED) is 0.505. The molecule has 3 rings (SSSR count). The Labute approximate surface area is 149 Å². The van der Waals surface area contributed by atoms with Crippen LogP contribution in [-0.4, -0.2) is 8.42 Å². The van der Waals surface area contributed by atoms with E-state index in [1.807, 2.05) is 6.92 Å². The van der Waals surface area contributed by atoms with Gasteiger partial charge in [0.05, 0.1) is 5.02 Å². The second kappa shape index (κ2) is 6.54. The third kappa shape index (κ3) is 3.41. The van der Waals surface area contributed by atoms with Gasteiger partial charge in [-0.15, -0.1) is 0 Å². The van der Waals surface area contributed by atoms with Crippen LogP contribution in [0.3, 0.4) is 0 Å². The molecule has 3 aromatic rings. The molecule has 0 fully saturated rings. The average Bonchev–Trinajstić information content (AvgIpc) is 2.54. The molecule has 0 bridgehead atoms. The Morgan fingerprint density at radius 3 is 2.56 bits per heavy atom. The van der Waals surface area contributed by atoms with Crippen LogP contribution < -0.4 is 9.81 Å². The van der Waals surface area contributed by atoms with Gasteiger partial charge in [-0.2, -0.15) is 8.42 Å². The molecule has 0 aliphatic carbocycles. The fraction of sp³-hybridized carbons (Fsp3) is 0.167. The minimum Gasteiger partial charge on any atom is -0.423 e. The molecule has 1 aromatic heterocycles. The smallest absolute Gasteiger partial charge is 0.340 e. The van der Waals surface area contributed by atoms with Crippen molar-refractivity contribution in [1.29, 1.82) is 0 Å². The number of hydrogen-bond acceptors (Lipinski definition) is 5.